The van der Waals surface area contributed by atoms with Gasteiger partial charge in [-0.1, -0.05) is 43.2 Å². The van der Waals surface area contributed by atoms with Crippen molar-refractivity contribution >= 4 is 0 Å². The SMILES string of the molecule is c1ccc(C2CCCCC2NCc2ccco2)cc1. The first kappa shape index (κ1) is 12.5. The van der Waals surface area contributed by atoms with Crippen molar-refractivity contribution in [2.75, 3.05) is 0 Å². The van der Waals surface area contributed by atoms with Gasteiger partial charge in [-0.3, -0.25) is 0 Å². The van der Waals surface area contributed by atoms with Crippen molar-refractivity contribution in [3.8, 4) is 0 Å². The van der Waals surface area contributed by atoms with Gasteiger partial charge in [0.25, 0.3) is 0 Å². The number of benzene rings is 1. The van der Waals surface area contributed by atoms with Gasteiger partial charge in [0.15, 0.2) is 0 Å². The Bertz CT molecular complexity index is 477. The van der Waals surface area contributed by atoms with Crippen LogP contribution in [0.4, 0.5) is 0 Å². The average molecular weight is 255 g/mol. The van der Waals surface area contributed by atoms with Gasteiger partial charge in [-0.15, -0.1) is 0 Å². The van der Waals surface area contributed by atoms with Gasteiger partial charge in [-0.25, -0.2) is 0 Å². The summed E-state index contributed by atoms with van der Waals surface area (Å²) in [6, 6.07) is 15.5. The standard InChI is InChI=1S/C17H21NO/c1-2-7-14(8-3-1)16-10-4-5-11-17(16)18-13-15-9-6-12-19-15/h1-3,6-9,12,16-18H,4-5,10-11,13H2. The van der Waals surface area contributed by atoms with Crippen molar-refractivity contribution in [1.82, 2.24) is 5.32 Å². The normalized spacial score (nSPS) is 23.4. The first-order chi connectivity index (χ1) is 9.43. The van der Waals surface area contributed by atoms with Crippen LogP contribution in [-0.2, 0) is 6.54 Å². The Balaban J connectivity index is 1.67. The van der Waals surface area contributed by atoms with Gasteiger partial charge in [-0.05, 0) is 36.5 Å². The lowest BCUT2D eigenvalue weighted by Gasteiger charge is -2.32. The van der Waals surface area contributed by atoms with Crippen molar-refractivity contribution in [3.63, 3.8) is 0 Å². The van der Waals surface area contributed by atoms with E-state index in [1.54, 1.807) is 6.26 Å². The van der Waals surface area contributed by atoms with E-state index in [-0.39, 0.29) is 0 Å². The number of hydrogen-bond acceptors (Lipinski definition) is 2. The molecule has 0 radical (unpaired) electrons. The van der Waals surface area contributed by atoms with Crippen LogP contribution < -0.4 is 5.32 Å². The minimum atomic E-state index is 0.571. The summed E-state index contributed by atoms with van der Waals surface area (Å²) in [5, 5.41) is 3.68. The summed E-state index contributed by atoms with van der Waals surface area (Å²) < 4.78 is 5.40. The minimum absolute atomic E-state index is 0.571. The summed E-state index contributed by atoms with van der Waals surface area (Å²) in [4.78, 5) is 0. The van der Waals surface area contributed by atoms with Crippen molar-refractivity contribution in [2.24, 2.45) is 0 Å². The van der Waals surface area contributed by atoms with Crippen molar-refractivity contribution in [1.29, 1.82) is 0 Å². The molecule has 2 aromatic rings. The molecule has 1 aromatic carbocycles. The first-order valence-corrected chi connectivity index (χ1v) is 7.24. The molecule has 19 heavy (non-hydrogen) atoms. The molecule has 1 fully saturated rings. The fourth-order valence-electron chi connectivity index (χ4n) is 3.12. The van der Waals surface area contributed by atoms with Crippen LogP contribution in [0.1, 0.15) is 42.9 Å². The number of rotatable bonds is 4. The molecule has 0 bridgehead atoms. The first-order valence-electron chi connectivity index (χ1n) is 7.24. The second-order valence-electron chi connectivity index (χ2n) is 5.37. The van der Waals surface area contributed by atoms with E-state index < -0.39 is 0 Å². The highest BCUT2D eigenvalue weighted by Gasteiger charge is 2.25. The monoisotopic (exact) mass is 255 g/mol. The highest BCUT2D eigenvalue weighted by atomic mass is 16.3. The maximum atomic E-state index is 5.40. The van der Waals surface area contributed by atoms with Gasteiger partial charge >= 0.3 is 0 Å². The largest absolute Gasteiger partial charge is 0.468 e. The molecule has 1 saturated carbocycles. The summed E-state index contributed by atoms with van der Waals surface area (Å²) in [6.45, 7) is 0.834. The molecule has 2 heteroatoms. The van der Waals surface area contributed by atoms with Crippen molar-refractivity contribution in [3.05, 3.63) is 60.1 Å². The predicted molar refractivity (Wildman–Crippen MR) is 77.0 cm³/mol. The Hall–Kier alpha value is -1.54. The van der Waals surface area contributed by atoms with Crippen LogP contribution in [0.25, 0.3) is 0 Å². The van der Waals surface area contributed by atoms with E-state index in [1.165, 1.54) is 31.2 Å². The van der Waals surface area contributed by atoms with Crippen LogP contribution in [0.5, 0.6) is 0 Å². The lowest BCUT2D eigenvalue weighted by molar-refractivity contribution is 0.316. The number of furan rings is 1. The van der Waals surface area contributed by atoms with E-state index in [0.29, 0.717) is 12.0 Å². The molecule has 1 aromatic heterocycles. The second-order valence-corrected chi connectivity index (χ2v) is 5.37. The van der Waals surface area contributed by atoms with Crippen LogP contribution in [0.15, 0.2) is 53.1 Å². The summed E-state index contributed by atoms with van der Waals surface area (Å²) in [5.41, 5.74) is 1.47. The summed E-state index contributed by atoms with van der Waals surface area (Å²) in [5.74, 6) is 1.67. The second kappa shape index (κ2) is 6.07. The molecule has 1 aliphatic carbocycles. The summed E-state index contributed by atoms with van der Waals surface area (Å²) in [7, 11) is 0. The smallest absolute Gasteiger partial charge is 0.117 e. The van der Waals surface area contributed by atoms with Crippen LogP contribution >= 0.6 is 0 Å². The third kappa shape index (κ3) is 3.07. The predicted octanol–water partition coefficient (Wildman–Crippen LogP) is 4.10. The summed E-state index contributed by atoms with van der Waals surface area (Å²) in [6.07, 6.45) is 6.98. The highest BCUT2D eigenvalue weighted by Crippen LogP contribution is 2.33. The van der Waals surface area contributed by atoms with E-state index >= 15 is 0 Å². The fraction of sp³-hybridized carbons (Fsp3) is 0.412. The van der Waals surface area contributed by atoms with E-state index in [1.807, 2.05) is 12.1 Å². The Morgan fingerprint density at radius 1 is 1.00 bits per heavy atom. The fourth-order valence-corrected chi connectivity index (χ4v) is 3.12. The Labute approximate surface area is 114 Å². The van der Waals surface area contributed by atoms with Gasteiger partial charge in [0.1, 0.15) is 5.76 Å². The average Bonchev–Trinajstić information content (AvgIpc) is 3.00. The van der Waals surface area contributed by atoms with Crippen LogP contribution in [-0.4, -0.2) is 6.04 Å². The van der Waals surface area contributed by atoms with Gasteiger partial charge in [0, 0.05) is 6.04 Å². The molecule has 1 heterocycles. The molecule has 0 saturated heterocycles. The van der Waals surface area contributed by atoms with Gasteiger partial charge in [0.2, 0.25) is 0 Å². The van der Waals surface area contributed by atoms with Crippen molar-refractivity contribution < 1.29 is 4.42 Å². The van der Waals surface area contributed by atoms with Crippen LogP contribution in [0.3, 0.4) is 0 Å². The number of nitrogens with one attached hydrogen (secondary N) is 1. The Kier molecular flexibility index (Phi) is 3.99. The van der Waals surface area contributed by atoms with E-state index in [0.717, 1.165) is 12.3 Å². The number of hydrogen-bond donors (Lipinski definition) is 1. The molecule has 2 nitrogen and oxygen atoms in total. The highest BCUT2D eigenvalue weighted by molar-refractivity contribution is 5.22. The van der Waals surface area contributed by atoms with Crippen LogP contribution in [0, 0.1) is 0 Å². The van der Waals surface area contributed by atoms with Crippen molar-refractivity contribution in [2.45, 2.75) is 44.2 Å². The molecule has 2 unspecified atom stereocenters. The summed E-state index contributed by atoms with van der Waals surface area (Å²) >= 11 is 0. The molecular weight excluding hydrogens is 234 g/mol. The molecule has 100 valence electrons. The van der Waals surface area contributed by atoms with Gasteiger partial charge < -0.3 is 9.73 Å². The maximum absolute atomic E-state index is 5.40. The lowest BCUT2D eigenvalue weighted by atomic mass is 9.80. The lowest BCUT2D eigenvalue weighted by Crippen LogP contribution is -2.36. The molecule has 0 aliphatic heterocycles. The molecular formula is C17H21NO. The third-order valence-corrected chi connectivity index (χ3v) is 4.11. The van der Waals surface area contributed by atoms with E-state index in [9.17, 15) is 0 Å². The van der Waals surface area contributed by atoms with E-state index in [2.05, 4.69) is 35.6 Å². The third-order valence-electron chi connectivity index (χ3n) is 4.11. The Morgan fingerprint density at radius 3 is 2.63 bits per heavy atom. The van der Waals surface area contributed by atoms with Gasteiger partial charge in [-0.2, -0.15) is 0 Å². The molecule has 0 spiro atoms. The van der Waals surface area contributed by atoms with E-state index in [4.69, 9.17) is 4.42 Å². The zero-order valence-electron chi connectivity index (χ0n) is 11.2. The Morgan fingerprint density at radius 2 is 1.84 bits per heavy atom. The molecule has 1 N–H and O–H groups in total. The maximum Gasteiger partial charge on any atom is 0.117 e. The molecule has 3 rings (SSSR count). The zero-order chi connectivity index (χ0) is 12.9. The topological polar surface area (TPSA) is 25.2 Å². The van der Waals surface area contributed by atoms with Gasteiger partial charge in [0.05, 0.1) is 12.8 Å². The van der Waals surface area contributed by atoms with Crippen LogP contribution in [0.2, 0.25) is 0 Å². The molecule has 1 aliphatic rings. The minimum Gasteiger partial charge on any atom is -0.468 e. The quantitative estimate of drug-likeness (QED) is 0.890. The molecule has 2 atom stereocenters. The zero-order valence-corrected chi connectivity index (χ0v) is 11.2. The molecule has 0 amide bonds.